The lowest BCUT2D eigenvalue weighted by Gasteiger charge is -1.98. The summed E-state index contributed by atoms with van der Waals surface area (Å²) in [7, 11) is 0. The molecule has 0 fully saturated rings. The van der Waals surface area contributed by atoms with Gasteiger partial charge in [-0.2, -0.15) is 5.26 Å². The number of hydrogen-bond acceptors (Lipinski definition) is 3. The van der Waals surface area contributed by atoms with Gasteiger partial charge < -0.3 is 4.42 Å². The Bertz CT molecular complexity index is 906. The Labute approximate surface area is 143 Å². The summed E-state index contributed by atoms with van der Waals surface area (Å²) in [5, 5.41) is 9.86. The highest BCUT2D eigenvalue weighted by atomic mass is 35.5. The van der Waals surface area contributed by atoms with Crippen LogP contribution in [-0.4, -0.2) is 6.21 Å². The van der Waals surface area contributed by atoms with Gasteiger partial charge in [0, 0.05) is 10.6 Å². The maximum Gasteiger partial charge on any atom is 0.145 e. The van der Waals surface area contributed by atoms with E-state index < -0.39 is 0 Å². The maximum absolute atomic E-state index is 8.81. The van der Waals surface area contributed by atoms with Crippen molar-refractivity contribution in [3.8, 4) is 17.4 Å². The third-order valence-electron chi connectivity index (χ3n) is 3.17. The number of benzene rings is 2. The molecule has 0 aliphatic rings. The standard InChI is InChI=1S/C18H10Cl2N2O/c19-14-5-7-17(16(20)9-14)22-11-15-6-8-18(23-15)13-3-1-12(10-21)2-4-13/h1-9,11H. The van der Waals surface area contributed by atoms with Gasteiger partial charge in [0.15, 0.2) is 0 Å². The second-order valence-corrected chi connectivity index (χ2v) is 5.59. The highest BCUT2D eigenvalue weighted by molar-refractivity contribution is 6.36. The molecular weight excluding hydrogens is 331 g/mol. The van der Waals surface area contributed by atoms with Gasteiger partial charge in [-0.15, -0.1) is 0 Å². The highest BCUT2D eigenvalue weighted by Crippen LogP contribution is 2.28. The molecule has 0 amide bonds. The van der Waals surface area contributed by atoms with Crippen molar-refractivity contribution in [3.63, 3.8) is 0 Å². The van der Waals surface area contributed by atoms with E-state index in [1.807, 2.05) is 24.3 Å². The Morgan fingerprint density at radius 2 is 1.78 bits per heavy atom. The van der Waals surface area contributed by atoms with E-state index in [0.717, 1.165) is 5.56 Å². The van der Waals surface area contributed by atoms with Crippen LogP contribution in [-0.2, 0) is 0 Å². The Kier molecular flexibility index (Phi) is 4.47. The van der Waals surface area contributed by atoms with Gasteiger partial charge in [-0.3, -0.25) is 4.99 Å². The molecule has 1 heterocycles. The first-order valence-electron chi connectivity index (χ1n) is 6.75. The SMILES string of the molecule is N#Cc1ccc(-c2ccc(C=Nc3ccc(Cl)cc3Cl)o2)cc1. The molecule has 0 spiro atoms. The molecule has 5 heteroatoms. The Hall–Kier alpha value is -2.54. The molecule has 3 rings (SSSR count). The van der Waals surface area contributed by atoms with Crippen molar-refractivity contribution in [2.45, 2.75) is 0 Å². The number of aliphatic imine (C=N–C) groups is 1. The van der Waals surface area contributed by atoms with E-state index in [0.29, 0.717) is 32.8 Å². The lowest BCUT2D eigenvalue weighted by Crippen LogP contribution is -1.77. The van der Waals surface area contributed by atoms with Crippen molar-refractivity contribution >= 4 is 35.1 Å². The van der Waals surface area contributed by atoms with Crippen LogP contribution in [0.25, 0.3) is 11.3 Å². The molecule has 112 valence electrons. The van der Waals surface area contributed by atoms with Gasteiger partial charge in [-0.25, -0.2) is 0 Å². The van der Waals surface area contributed by atoms with Crippen LogP contribution < -0.4 is 0 Å². The minimum atomic E-state index is 0.479. The van der Waals surface area contributed by atoms with Gasteiger partial charge >= 0.3 is 0 Å². The van der Waals surface area contributed by atoms with Gasteiger partial charge in [-0.05, 0) is 54.6 Å². The first-order valence-corrected chi connectivity index (χ1v) is 7.51. The second kappa shape index (κ2) is 6.70. The van der Waals surface area contributed by atoms with Crippen LogP contribution in [0.4, 0.5) is 5.69 Å². The highest BCUT2D eigenvalue weighted by Gasteiger charge is 2.04. The van der Waals surface area contributed by atoms with Gasteiger partial charge in [0.25, 0.3) is 0 Å². The van der Waals surface area contributed by atoms with Crippen molar-refractivity contribution in [3.05, 3.63) is 76.0 Å². The lowest BCUT2D eigenvalue weighted by molar-refractivity contribution is 0.575. The maximum atomic E-state index is 8.81. The summed E-state index contributed by atoms with van der Waals surface area (Å²) in [5.74, 6) is 1.31. The van der Waals surface area contributed by atoms with E-state index in [1.54, 1.807) is 36.5 Å². The third kappa shape index (κ3) is 3.62. The summed E-state index contributed by atoms with van der Waals surface area (Å²) in [5.41, 5.74) is 2.13. The normalized spacial score (nSPS) is 10.8. The Morgan fingerprint density at radius 3 is 2.48 bits per heavy atom. The van der Waals surface area contributed by atoms with Gasteiger partial charge in [0.1, 0.15) is 11.5 Å². The monoisotopic (exact) mass is 340 g/mol. The Balaban J connectivity index is 1.81. The number of furan rings is 1. The van der Waals surface area contributed by atoms with Crippen molar-refractivity contribution in [2.24, 2.45) is 4.99 Å². The number of nitrogens with zero attached hydrogens (tertiary/aromatic N) is 2. The first-order chi connectivity index (χ1) is 11.2. The minimum absolute atomic E-state index is 0.479. The molecular formula is C18H10Cl2N2O. The average Bonchev–Trinajstić information content (AvgIpc) is 3.03. The molecule has 0 unspecified atom stereocenters. The van der Waals surface area contributed by atoms with Gasteiger partial charge in [0.2, 0.25) is 0 Å². The zero-order valence-electron chi connectivity index (χ0n) is 11.8. The van der Waals surface area contributed by atoms with Crippen LogP contribution in [0.5, 0.6) is 0 Å². The fourth-order valence-corrected chi connectivity index (χ4v) is 2.46. The molecule has 0 aliphatic heterocycles. The summed E-state index contributed by atoms with van der Waals surface area (Å²) in [6.45, 7) is 0. The fourth-order valence-electron chi connectivity index (χ4n) is 2.01. The van der Waals surface area contributed by atoms with Crippen molar-refractivity contribution in [2.75, 3.05) is 0 Å². The molecule has 0 radical (unpaired) electrons. The average molecular weight is 341 g/mol. The molecule has 0 atom stereocenters. The van der Waals surface area contributed by atoms with E-state index >= 15 is 0 Å². The summed E-state index contributed by atoms with van der Waals surface area (Å²) < 4.78 is 5.73. The van der Waals surface area contributed by atoms with Crippen molar-refractivity contribution in [1.29, 1.82) is 5.26 Å². The van der Waals surface area contributed by atoms with E-state index in [1.165, 1.54) is 0 Å². The number of halogens is 2. The zero-order valence-corrected chi connectivity index (χ0v) is 13.3. The van der Waals surface area contributed by atoms with E-state index in [2.05, 4.69) is 11.1 Å². The fraction of sp³-hybridized carbons (Fsp3) is 0. The summed E-state index contributed by atoms with van der Waals surface area (Å²) in [4.78, 5) is 4.30. The topological polar surface area (TPSA) is 49.3 Å². The van der Waals surface area contributed by atoms with E-state index in [-0.39, 0.29) is 0 Å². The van der Waals surface area contributed by atoms with Crippen LogP contribution in [0.3, 0.4) is 0 Å². The molecule has 3 aromatic rings. The first kappa shape index (κ1) is 15.4. The van der Waals surface area contributed by atoms with Gasteiger partial charge in [-0.1, -0.05) is 23.2 Å². The largest absolute Gasteiger partial charge is 0.455 e. The number of rotatable bonds is 3. The molecule has 2 aromatic carbocycles. The Morgan fingerprint density at radius 1 is 1.00 bits per heavy atom. The minimum Gasteiger partial charge on any atom is -0.455 e. The summed E-state index contributed by atoms with van der Waals surface area (Å²) in [6.07, 6.45) is 1.60. The molecule has 0 bridgehead atoms. The number of hydrogen-bond donors (Lipinski definition) is 0. The smallest absolute Gasteiger partial charge is 0.145 e. The van der Waals surface area contributed by atoms with Crippen molar-refractivity contribution in [1.82, 2.24) is 0 Å². The summed E-state index contributed by atoms with van der Waals surface area (Å²) >= 11 is 11.9. The predicted octanol–water partition coefficient (Wildman–Crippen LogP) is 5.88. The van der Waals surface area contributed by atoms with Crippen LogP contribution >= 0.6 is 23.2 Å². The van der Waals surface area contributed by atoms with Crippen molar-refractivity contribution < 1.29 is 4.42 Å². The lowest BCUT2D eigenvalue weighted by atomic mass is 10.1. The van der Waals surface area contributed by atoms with Crippen LogP contribution in [0.2, 0.25) is 10.0 Å². The summed E-state index contributed by atoms with van der Waals surface area (Å²) in [6, 6.07) is 18.0. The quantitative estimate of drug-likeness (QED) is 0.559. The molecule has 0 N–H and O–H groups in total. The molecule has 23 heavy (non-hydrogen) atoms. The number of nitriles is 1. The van der Waals surface area contributed by atoms with Crippen LogP contribution in [0.1, 0.15) is 11.3 Å². The molecule has 1 aromatic heterocycles. The predicted molar refractivity (Wildman–Crippen MR) is 92.6 cm³/mol. The molecule has 0 saturated heterocycles. The molecule has 3 nitrogen and oxygen atoms in total. The molecule has 0 saturated carbocycles. The zero-order chi connectivity index (χ0) is 16.2. The van der Waals surface area contributed by atoms with Crippen LogP contribution in [0.15, 0.2) is 64.0 Å². The van der Waals surface area contributed by atoms with Crippen LogP contribution in [0, 0.1) is 11.3 Å². The third-order valence-corrected chi connectivity index (χ3v) is 3.70. The molecule has 0 aliphatic carbocycles. The van der Waals surface area contributed by atoms with E-state index in [9.17, 15) is 0 Å². The van der Waals surface area contributed by atoms with E-state index in [4.69, 9.17) is 32.9 Å². The van der Waals surface area contributed by atoms with Gasteiger partial charge in [0.05, 0.1) is 28.6 Å². The second-order valence-electron chi connectivity index (χ2n) is 4.75.